The smallest absolute Gasteiger partial charge is 0.387 e. The number of halogens is 4. The lowest BCUT2D eigenvalue weighted by molar-refractivity contribution is -0.0521. The summed E-state index contributed by atoms with van der Waals surface area (Å²) in [4.78, 5) is 13.2. The van der Waals surface area contributed by atoms with Gasteiger partial charge in [-0.2, -0.15) is 8.78 Å². The molecular weight excluding hydrogens is 356 g/mol. The molecule has 0 heterocycles. The van der Waals surface area contributed by atoms with Crippen LogP contribution in [0.5, 0.6) is 11.5 Å². The van der Waals surface area contributed by atoms with E-state index in [1.807, 2.05) is 0 Å². The SMILES string of the molecule is CN(CCOc1ccccc1F)C(=O)Nc1ccc(OC(F)F)c(F)c1. The van der Waals surface area contributed by atoms with E-state index in [9.17, 15) is 22.4 Å². The van der Waals surface area contributed by atoms with Crippen molar-refractivity contribution in [2.45, 2.75) is 6.61 Å². The number of anilines is 1. The number of carbonyl (C=O) groups is 1. The van der Waals surface area contributed by atoms with Crippen molar-refractivity contribution in [2.75, 3.05) is 25.5 Å². The van der Waals surface area contributed by atoms with E-state index in [0.29, 0.717) is 0 Å². The predicted octanol–water partition coefficient (Wildman–Crippen LogP) is 4.11. The second-order valence-electron chi connectivity index (χ2n) is 5.15. The van der Waals surface area contributed by atoms with Crippen LogP contribution in [0.15, 0.2) is 42.5 Å². The Morgan fingerprint density at radius 2 is 1.85 bits per heavy atom. The molecule has 0 radical (unpaired) electrons. The fourth-order valence-electron chi connectivity index (χ4n) is 1.94. The number of carbonyl (C=O) groups excluding carboxylic acids is 1. The van der Waals surface area contributed by atoms with Gasteiger partial charge in [0.25, 0.3) is 0 Å². The highest BCUT2D eigenvalue weighted by atomic mass is 19.3. The standard InChI is InChI=1S/C17H16F4N2O3/c1-23(8-9-25-14-5-3-2-4-12(14)18)17(24)22-11-6-7-15(13(19)10-11)26-16(20)21/h2-7,10,16H,8-9H2,1H3,(H,22,24). The first-order valence-electron chi connectivity index (χ1n) is 7.50. The minimum Gasteiger partial charge on any atom is -0.489 e. The fourth-order valence-corrected chi connectivity index (χ4v) is 1.94. The molecule has 1 N–H and O–H groups in total. The molecule has 0 bridgehead atoms. The van der Waals surface area contributed by atoms with E-state index in [1.54, 1.807) is 6.07 Å². The lowest BCUT2D eigenvalue weighted by Gasteiger charge is -2.18. The normalized spacial score (nSPS) is 10.5. The van der Waals surface area contributed by atoms with E-state index in [-0.39, 0.29) is 24.6 Å². The zero-order chi connectivity index (χ0) is 19.1. The highest BCUT2D eigenvalue weighted by molar-refractivity contribution is 5.89. The molecule has 2 aromatic rings. The number of likely N-dealkylation sites (N-methyl/N-ethyl adjacent to an activating group) is 1. The number of alkyl halides is 2. The topological polar surface area (TPSA) is 50.8 Å². The quantitative estimate of drug-likeness (QED) is 0.745. The largest absolute Gasteiger partial charge is 0.489 e. The summed E-state index contributed by atoms with van der Waals surface area (Å²) in [5, 5.41) is 2.40. The van der Waals surface area contributed by atoms with Crippen molar-refractivity contribution >= 4 is 11.7 Å². The molecule has 0 aliphatic carbocycles. The molecule has 0 spiro atoms. The third kappa shape index (κ3) is 5.54. The van der Waals surface area contributed by atoms with Gasteiger partial charge in [-0.3, -0.25) is 0 Å². The van der Waals surface area contributed by atoms with Crippen molar-refractivity contribution in [2.24, 2.45) is 0 Å². The summed E-state index contributed by atoms with van der Waals surface area (Å²) >= 11 is 0. The Bertz CT molecular complexity index is 759. The van der Waals surface area contributed by atoms with Crippen molar-refractivity contribution in [1.82, 2.24) is 4.90 Å². The van der Waals surface area contributed by atoms with Gasteiger partial charge in [-0.05, 0) is 24.3 Å². The van der Waals surface area contributed by atoms with Crippen LogP contribution in [0.4, 0.5) is 28.0 Å². The third-order valence-corrected chi connectivity index (χ3v) is 3.27. The highest BCUT2D eigenvalue weighted by Crippen LogP contribution is 2.23. The van der Waals surface area contributed by atoms with Crippen LogP contribution in [-0.4, -0.2) is 37.7 Å². The van der Waals surface area contributed by atoms with Crippen LogP contribution in [-0.2, 0) is 0 Å². The molecule has 0 fully saturated rings. The minimum atomic E-state index is -3.15. The van der Waals surface area contributed by atoms with E-state index in [4.69, 9.17) is 4.74 Å². The van der Waals surface area contributed by atoms with Gasteiger partial charge < -0.3 is 19.7 Å². The van der Waals surface area contributed by atoms with E-state index in [0.717, 1.165) is 12.1 Å². The Balaban J connectivity index is 1.85. The summed E-state index contributed by atoms with van der Waals surface area (Å²) in [6, 6.07) is 8.34. The number of hydrogen-bond donors (Lipinski definition) is 1. The van der Waals surface area contributed by atoms with Crippen LogP contribution in [0.1, 0.15) is 0 Å². The van der Waals surface area contributed by atoms with Crippen LogP contribution in [0.2, 0.25) is 0 Å². The average molecular weight is 372 g/mol. The lowest BCUT2D eigenvalue weighted by Crippen LogP contribution is -2.34. The van der Waals surface area contributed by atoms with Gasteiger partial charge in [0.15, 0.2) is 23.1 Å². The van der Waals surface area contributed by atoms with Gasteiger partial charge in [0, 0.05) is 18.8 Å². The van der Waals surface area contributed by atoms with Crippen LogP contribution < -0.4 is 14.8 Å². The maximum atomic E-state index is 13.6. The van der Waals surface area contributed by atoms with Crippen molar-refractivity contribution in [3.63, 3.8) is 0 Å². The van der Waals surface area contributed by atoms with E-state index in [1.165, 1.54) is 36.2 Å². The first-order valence-corrected chi connectivity index (χ1v) is 7.50. The van der Waals surface area contributed by atoms with Crippen LogP contribution >= 0.6 is 0 Å². The molecule has 2 aromatic carbocycles. The van der Waals surface area contributed by atoms with Gasteiger partial charge >= 0.3 is 12.6 Å². The van der Waals surface area contributed by atoms with Gasteiger partial charge in [0.05, 0.1) is 6.54 Å². The molecule has 140 valence electrons. The molecule has 0 aliphatic rings. The van der Waals surface area contributed by atoms with Crippen molar-refractivity contribution in [3.05, 3.63) is 54.1 Å². The first kappa shape index (κ1) is 19.4. The van der Waals surface area contributed by atoms with E-state index >= 15 is 0 Å². The first-order chi connectivity index (χ1) is 12.4. The molecule has 9 heteroatoms. The lowest BCUT2D eigenvalue weighted by atomic mass is 10.3. The molecule has 0 unspecified atom stereocenters. The Labute approximate surface area is 147 Å². The molecule has 0 atom stereocenters. The summed E-state index contributed by atoms with van der Waals surface area (Å²) in [7, 11) is 1.46. The number of nitrogens with zero attached hydrogens (tertiary/aromatic N) is 1. The fraction of sp³-hybridized carbons (Fsp3) is 0.235. The zero-order valence-corrected chi connectivity index (χ0v) is 13.7. The molecule has 0 saturated heterocycles. The van der Waals surface area contributed by atoms with Crippen LogP contribution in [0, 0.1) is 11.6 Å². The maximum absolute atomic E-state index is 13.6. The third-order valence-electron chi connectivity index (χ3n) is 3.27. The average Bonchev–Trinajstić information content (AvgIpc) is 2.58. The minimum absolute atomic E-state index is 0.0420. The van der Waals surface area contributed by atoms with E-state index < -0.39 is 30.0 Å². The Morgan fingerprint density at radius 3 is 2.50 bits per heavy atom. The Kier molecular flexibility index (Phi) is 6.65. The zero-order valence-electron chi connectivity index (χ0n) is 13.7. The molecule has 26 heavy (non-hydrogen) atoms. The van der Waals surface area contributed by atoms with Gasteiger partial charge in [-0.1, -0.05) is 12.1 Å². The Morgan fingerprint density at radius 1 is 1.12 bits per heavy atom. The maximum Gasteiger partial charge on any atom is 0.387 e. The number of ether oxygens (including phenoxy) is 2. The second kappa shape index (κ2) is 8.93. The highest BCUT2D eigenvalue weighted by Gasteiger charge is 2.13. The summed E-state index contributed by atoms with van der Waals surface area (Å²) in [6.45, 7) is -2.97. The molecular formula is C17H16F4N2O3. The van der Waals surface area contributed by atoms with Gasteiger partial charge in [-0.15, -0.1) is 0 Å². The summed E-state index contributed by atoms with van der Waals surface area (Å²) in [5.41, 5.74) is 0.0657. The molecule has 5 nitrogen and oxygen atoms in total. The number of benzene rings is 2. The molecule has 0 saturated carbocycles. The predicted molar refractivity (Wildman–Crippen MR) is 86.6 cm³/mol. The van der Waals surface area contributed by atoms with Crippen molar-refractivity contribution in [3.8, 4) is 11.5 Å². The van der Waals surface area contributed by atoms with Crippen molar-refractivity contribution < 1.29 is 31.8 Å². The number of urea groups is 1. The summed E-state index contributed by atoms with van der Waals surface area (Å²) < 4.78 is 60.4. The van der Waals surface area contributed by atoms with Crippen LogP contribution in [0.3, 0.4) is 0 Å². The molecule has 2 amide bonds. The molecule has 0 aliphatic heterocycles. The van der Waals surface area contributed by atoms with Gasteiger partial charge in [-0.25, -0.2) is 13.6 Å². The Hall–Kier alpha value is -2.97. The molecule has 0 aromatic heterocycles. The number of nitrogens with one attached hydrogen (secondary N) is 1. The summed E-state index contributed by atoms with van der Waals surface area (Å²) in [6.07, 6.45) is 0. The number of amides is 2. The van der Waals surface area contributed by atoms with Gasteiger partial charge in [0.1, 0.15) is 6.61 Å². The summed E-state index contributed by atoms with van der Waals surface area (Å²) in [5.74, 6) is -2.10. The van der Waals surface area contributed by atoms with Crippen molar-refractivity contribution in [1.29, 1.82) is 0 Å². The monoisotopic (exact) mass is 372 g/mol. The van der Waals surface area contributed by atoms with Crippen LogP contribution in [0.25, 0.3) is 0 Å². The second-order valence-corrected chi connectivity index (χ2v) is 5.15. The van der Waals surface area contributed by atoms with E-state index in [2.05, 4.69) is 10.1 Å². The number of rotatable bonds is 7. The molecule has 2 rings (SSSR count). The van der Waals surface area contributed by atoms with Gasteiger partial charge in [0.2, 0.25) is 0 Å². The number of hydrogen-bond acceptors (Lipinski definition) is 3. The number of para-hydroxylation sites is 1.